The van der Waals surface area contributed by atoms with Crippen LogP contribution in [0.15, 0.2) is 48.7 Å². The van der Waals surface area contributed by atoms with Crippen LogP contribution in [-0.4, -0.2) is 45.2 Å². The van der Waals surface area contributed by atoms with Crippen molar-refractivity contribution in [1.82, 2.24) is 25.5 Å². The van der Waals surface area contributed by atoms with Crippen LogP contribution in [0.5, 0.6) is 0 Å². The number of H-pyrrole nitrogens is 1. The molecule has 3 heterocycles. The Hall–Kier alpha value is -3.36. The van der Waals surface area contributed by atoms with Gasteiger partial charge in [0.2, 0.25) is 5.95 Å². The second kappa shape index (κ2) is 7.71. The molecule has 1 unspecified atom stereocenters. The lowest BCUT2D eigenvalue weighted by molar-refractivity contribution is 0.0935. The summed E-state index contributed by atoms with van der Waals surface area (Å²) in [6.07, 6.45) is -0.270. The van der Waals surface area contributed by atoms with E-state index in [2.05, 4.69) is 25.5 Å². The number of nitrogens with one attached hydrogen (secondary N) is 2. The summed E-state index contributed by atoms with van der Waals surface area (Å²) >= 11 is 0. The van der Waals surface area contributed by atoms with Gasteiger partial charge in [-0.05, 0) is 18.6 Å². The quantitative estimate of drug-likeness (QED) is 0.706. The number of hydrogen-bond acceptors (Lipinski definition) is 5. The Labute approximate surface area is 159 Å². The van der Waals surface area contributed by atoms with Crippen LogP contribution in [0.4, 0.5) is 14.7 Å². The molecule has 1 aromatic carbocycles. The number of nitrogens with zero attached hydrogens (tertiary/aromatic N) is 4. The van der Waals surface area contributed by atoms with Crippen molar-refractivity contribution < 1.29 is 13.6 Å². The maximum Gasteiger partial charge on any atom is 0.279 e. The van der Waals surface area contributed by atoms with Gasteiger partial charge in [-0.1, -0.05) is 30.3 Å². The standard InChI is InChI=1S/C19H18F2N6O/c20-17(21)15-10-16(26-25-15)18(28)23-13-7-9-27(11-13)19-22-8-6-14(24-19)12-4-2-1-3-5-12/h1-6,8,10,13,17H,7,9,11H2,(H,23,28)(H,25,26). The van der Waals surface area contributed by atoms with Gasteiger partial charge in [-0.25, -0.2) is 18.7 Å². The monoisotopic (exact) mass is 384 g/mol. The molecule has 1 fully saturated rings. The van der Waals surface area contributed by atoms with Gasteiger partial charge in [-0.15, -0.1) is 0 Å². The third kappa shape index (κ3) is 3.83. The van der Waals surface area contributed by atoms with Crippen LogP contribution in [0.25, 0.3) is 11.3 Å². The van der Waals surface area contributed by atoms with E-state index in [1.807, 2.05) is 41.3 Å². The van der Waals surface area contributed by atoms with Crippen molar-refractivity contribution in [1.29, 1.82) is 0 Å². The lowest BCUT2D eigenvalue weighted by Crippen LogP contribution is -2.37. The highest BCUT2D eigenvalue weighted by atomic mass is 19.3. The van der Waals surface area contributed by atoms with E-state index < -0.39 is 12.3 Å². The summed E-state index contributed by atoms with van der Waals surface area (Å²) in [6, 6.07) is 12.6. The van der Waals surface area contributed by atoms with Gasteiger partial charge in [-0.2, -0.15) is 5.10 Å². The second-order valence-electron chi connectivity index (χ2n) is 6.52. The number of rotatable bonds is 5. The Balaban J connectivity index is 1.41. The Morgan fingerprint density at radius 3 is 2.82 bits per heavy atom. The molecule has 2 N–H and O–H groups in total. The predicted octanol–water partition coefficient (Wildman–Crippen LogP) is 2.81. The molecular formula is C19H18F2N6O. The topological polar surface area (TPSA) is 86.8 Å². The van der Waals surface area contributed by atoms with E-state index in [0.717, 1.165) is 17.3 Å². The molecule has 0 aliphatic carbocycles. The van der Waals surface area contributed by atoms with Crippen molar-refractivity contribution in [3.63, 3.8) is 0 Å². The second-order valence-corrected chi connectivity index (χ2v) is 6.52. The minimum absolute atomic E-state index is 0.0453. The number of aromatic nitrogens is 4. The van der Waals surface area contributed by atoms with Gasteiger partial charge in [0.1, 0.15) is 11.4 Å². The highest BCUT2D eigenvalue weighted by Crippen LogP contribution is 2.22. The zero-order chi connectivity index (χ0) is 19.5. The summed E-state index contributed by atoms with van der Waals surface area (Å²) in [7, 11) is 0. The van der Waals surface area contributed by atoms with Crippen LogP contribution in [0, 0.1) is 0 Å². The Morgan fingerprint density at radius 1 is 1.25 bits per heavy atom. The molecular weight excluding hydrogens is 366 g/mol. The van der Waals surface area contributed by atoms with Crippen LogP contribution in [0.2, 0.25) is 0 Å². The first-order chi connectivity index (χ1) is 13.6. The summed E-state index contributed by atoms with van der Waals surface area (Å²) in [5.41, 5.74) is 1.41. The third-order valence-electron chi connectivity index (χ3n) is 4.58. The lowest BCUT2D eigenvalue weighted by Gasteiger charge is -2.17. The van der Waals surface area contributed by atoms with Crippen LogP contribution in [-0.2, 0) is 0 Å². The fourth-order valence-electron chi connectivity index (χ4n) is 3.15. The van der Waals surface area contributed by atoms with Crippen LogP contribution < -0.4 is 10.2 Å². The van der Waals surface area contributed by atoms with Gasteiger partial charge >= 0.3 is 0 Å². The molecule has 0 radical (unpaired) electrons. The van der Waals surface area contributed by atoms with Gasteiger partial charge < -0.3 is 10.2 Å². The molecule has 0 bridgehead atoms. The fourth-order valence-corrected chi connectivity index (χ4v) is 3.15. The lowest BCUT2D eigenvalue weighted by atomic mass is 10.1. The molecule has 1 amide bonds. The van der Waals surface area contributed by atoms with E-state index in [1.165, 1.54) is 0 Å². The maximum absolute atomic E-state index is 12.6. The first-order valence-electron chi connectivity index (χ1n) is 8.88. The van der Waals surface area contributed by atoms with Gasteiger partial charge in [-0.3, -0.25) is 9.89 Å². The molecule has 0 spiro atoms. The molecule has 28 heavy (non-hydrogen) atoms. The molecule has 1 aliphatic rings. The van der Waals surface area contributed by atoms with Gasteiger partial charge in [0.15, 0.2) is 0 Å². The van der Waals surface area contributed by atoms with Crippen molar-refractivity contribution in [2.24, 2.45) is 0 Å². The van der Waals surface area contributed by atoms with E-state index >= 15 is 0 Å². The first-order valence-corrected chi connectivity index (χ1v) is 8.88. The Morgan fingerprint density at radius 2 is 2.07 bits per heavy atom. The summed E-state index contributed by atoms with van der Waals surface area (Å²) in [4.78, 5) is 23.2. The normalized spacial score (nSPS) is 16.5. The minimum Gasteiger partial charge on any atom is -0.346 e. The molecule has 0 saturated carbocycles. The van der Waals surface area contributed by atoms with Crippen LogP contribution >= 0.6 is 0 Å². The Bertz CT molecular complexity index is 962. The number of benzene rings is 1. The smallest absolute Gasteiger partial charge is 0.279 e. The van der Waals surface area contributed by atoms with E-state index in [4.69, 9.17) is 0 Å². The highest BCUT2D eigenvalue weighted by molar-refractivity contribution is 5.92. The van der Waals surface area contributed by atoms with Crippen molar-refractivity contribution in [3.05, 3.63) is 60.0 Å². The molecule has 1 saturated heterocycles. The zero-order valence-corrected chi connectivity index (χ0v) is 14.8. The van der Waals surface area contributed by atoms with Gasteiger partial charge in [0.05, 0.1) is 5.69 Å². The third-order valence-corrected chi connectivity index (χ3v) is 4.58. The molecule has 144 valence electrons. The highest BCUT2D eigenvalue weighted by Gasteiger charge is 2.27. The number of carbonyl (C=O) groups excluding carboxylic acids is 1. The SMILES string of the molecule is O=C(NC1CCN(c2nccc(-c3ccccc3)n2)C1)c1cc(C(F)F)[nH]n1. The van der Waals surface area contributed by atoms with Gasteiger partial charge in [0, 0.05) is 30.9 Å². The van der Waals surface area contributed by atoms with E-state index in [1.54, 1.807) is 6.20 Å². The maximum atomic E-state index is 12.6. The first kappa shape index (κ1) is 18.0. The molecule has 1 aliphatic heterocycles. The van der Waals surface area contributed by atoms with Crippen LogP contribution in [0.1, 0.15) is 29.0 Å². The van der Waals surface area contributed by atoms with Crippen molar-refractivity contribution in [2.45, 2.75) is 18.9 Å². The summed E-state index contributed by atoms with van der Waals surface area (Å²) in [5.74, 6) is 0.117. The number of alkyl halides is 2. The molecule has 7 nitrogen and oxygen atoms in total. The predicted molar refractivity (Wildman–Crippen MR) is 99.1 cm³/mol. The van der Waals surface area contributed by atoms with Gasteiger partial charge in [0.25, 0.3) is 12.3 Å². The van der Waals surface area contributed by atoms with E-state index in [0.29, 0.717) is 25.5 Å². The number of anilines is 1. The number of amides is 1. The molecule has 2 aromatic heterocycles. The van der Waals surface area contributed by atoms with Crippen molar-refractivity contribution in [2.75, 3.05) is 18.0 Å². The minimum atomic E-state index is -2.69. The molecule has 9 heteroatoms. The number of aromatic amines is 1. The molecule has 3 aromatic rings. The summed E-state index contributed by atoms with van der Waals surface area (Å²) in [5, 5.41) is 8.65. The average Bonchev–Trinajstić information content (AvgIpc) is 3.39. The number of carbonyl (C=O) groups is 1. The molecule has 1 atom stereocenters. The average molecular weight is 384 g/mol. The molecule has 4 rings (SSSR count). The zero-order valence-electron chi connectivity index (χ0n) is 14.8. The number of hydrogen-bond donors (Lipinski definition) is 2. The van der Waals surface area contributed by atoms with Crippen molar-refractivity contribution in [3.8, 4) is 11.3 Å². The Kier molecular flexibility index (Phi) is 4.96. The summed E-state index contributed by atoms with van der Waals surface area (Å²) in [6.45, 7) is 1.22. The largest absolute Gasteiger partial charge is 0.346 e. The summed E-state index contributed by atoms with van der Waals surface area (Å²) < 4.78 is 25.2. The van der Waals surface area contributed by atoms with E-state index in [9.17, 15) is 13.6 Å². The fraction of sp³-hybridized carbons (Fsp3) is 0.263. The number of halogens is 2. The van der Waals surface area contributed by atoms with E-state index in [-0.39, 0.29) is 17.4 Å². The van der Waals surface area contributed by atoms with Crippen LogP contribution in [0.3, 0.4) is 0 Å². The van der Waals surface area contributed by atoms with Crippen molar-refractivity contribution >= 4 is 11.9 Å².